The summed E-state index contributed by atoms with van der Waals surface area (Å²) in [6.07, 6.45) is 5.49. The van der Waals surface area contributed by atoms with Crippen LogP contribution in [-0.2, 0) is 11.2 Å². The van der Waals surface area contributed by atoms with Gasteiger partial charge in [-0.1, -0.05) is 36.4 Å². The van der Waals surface area contributed by atoms with Crippen molar-refractivity contribution in [3.05, 3.63) is 53.8 Å². The number of carbonyl (C=O) groups is 1. The SMILES string of the molecule is CC12CCc3oc(-c4ccccc4)cc3C1=CCCC2=O. The molecule has 2 aliphatic rings. The summed E-state index contributed by atoms with van der Waals surface area (Å²) in [5.41, 5.74) is 3.13. The number of allylic oxidation sites excluding steroid dienone is 2. The first-order valence-corrected chi connectivity index (χ1v) is 7.61. The summed E-state index contributed by atoms with van der Waals surface area (Å²) < 4.78 is 6.07. The van der Waals surface area contributed by atoms with Crippen LogP contribution in [0.3, 0.4) is 0 Å². The zero-order chi connectivity index (χ0) is 14.4. The van der Waals surface area contributed by atoms with Crippen LogP contribution in [0.5, 0.6) is 0 Å². The molecule has 1 aromatic heterocycles. The van der Waals surface area contributed by atoms with E-state index in [1.165, 1.54) is 5.57 Å². The van der Waals surface area contributed by atoms with E-state index in [0.29, 0.717) is 12.2 Å². The second-order valence-corrected chi connectivity index (χ2v) is 6.23. The Bertz CT molecular complexity index is 736. The molecule has 1 atom stereocenters. The van der Waals surface area contributed by atoms with E-state index in [-0.39, 0.29) is 5.41 Å². The van der Waals surface area contributed by atoms with Crippen LogP contribution in [-0.4, -0.2) is 5.78 Å². The number of aryl methyl sites for hydroxylation is 1. The van der Waals surface area contributed by atoms with Crippen LogP contribution in [0, 0.1) is 5.41 Å². The third-order valence-electron chi connectivity index (χ3n) is 4.94. The van der Waals surface area contributed by atoms with Crippen LogP contribution >= 0.6 is 0 Å². The first kappa shape index (κ1) is 12.6. The summed E-state index contributed by atoms with van der Waals surface area (Å²) in [6.45, 7) is 2.10. The van der Waals surface area contributed by atoms with Crippen molar-refractivity contribution >= 4 is 11.4 Å². The molecule has 0 fully saturated rings. The molecule has 0 spiro atoms. The summed E-state index contributed by atoms with van der Waals surface area (Å²) >= 11 is 0. The van der Waals surface area contributed by atoms with Crippen molar-refractivity contribution in [2.24, 2.45) is 5.41 Å². The molecule has 0 radical (unpaired) electrons. The molecule has 4 rings (SSSR count). The van der Waals surface area contributed by atoms with E-state index < -0.39 is 0 Å². The molecule has 0 bridgehead atoms. The average Bonchev–Trinajstić information content (AvgIpc) is 2.94. The zero-order valence-electron chi connectivity index (χ0n) is 12.2. The highest BCUT2D eigenvalue weighted by molar-refractivity contribution is 6.00. The van der Waals surface area contributed by atoms with Gasteiger partial charge in [0.2, 0.25) is 0 Å². The second-order valence-electron chi connectivity index (χ2n) is 6.23. The fraction of sp³-hybridized carbons (Fsp3) is 0.316. The van der Waals surface area contributed by atoms with Crippen LogP contribution < -0.4 is 0 Å². The summed E-state index contributed by atoms with van der Waals surface area (Å²) in [4.78, 5) is 12.4. The van der Waals surface area contributed by atoms with Gasteiger partial charge in [-0.25, -0.2) is 0 Å². The molecule has 1 unspecified atom stereocenters. The third-order valence-corrected chi connectivity index (χ3v) is 4.94. The molecule has 2 heteroatoms. The van der Waals surface area contributed by atoms with Crippen molar-refractivity contribution < 1.29 is 9.21 Å². The number of hydrogen-bond acceptors (Lipinski definition) is 2. The van der Waals surface area contributed by atoms with Crippen LogP contribution in [0.15, 0.2) is 46.9 Å². The van der Waals surface area contributed by atoms with Crippen molar-refractivity contribution in [1.29, 1.82) is 0 Å². The molecule has 1 heterocycles. The lowest BCUT2D eigenvalue weighted by Gasteiger charge is -2.37. The van der Waals surface area contributed by atoms with Crippen molar-refractivity contribution in [3.8, 4) is 11.3 Å². The predicted molar refractivity (Wildman–Crippen MR) is 82.8 cm³/mol. The van der Waals surface area contributed by atoms with E-state index in [9.17, 15) is 4.79 Å². The topological polar surface area (TPSA) is 30.2 Å². The number of hydrogen-bond donors (Lipinski definition) is 0. The molecule has 2 aliphatic carbocycles. The van der Waals surface area contributed by atoms with Crippen LogP contribution in [0.1, 0.15) is 37.5 Å². The van der Waals surface area contributed by atoms with Crippen molar-refractivity contribution in [1.82, 2.24) is 0 Å². The number of furan rings is 1. The van der Waals surface area contributed by atoms with Crippen LogP contribution in [0.25, 0.3) is 16.9 Å². The van der Waals surface area contributed by atoms with Gasteiger partial charge in [0.05, 0.1) is 5.41 Å². The highest BCUT2D eigenvalue weighted by Crippen LogP contribution is 2.50. The Kier molecular flexibility index (Phi) is 2.68. The van der Waals surface area contributed by atoms with E-state index in [2.05, 4.69) is 31.2 Å². The maximum absolute atomic E-state index is 12.4. The molecule has 2 nitrogen and oxygen atoms in total. The number of ketones is 1. The molecule has 0 saturated heterocycles. The molecule has 21 heavy (non-hydrogen) atoms. The lowest BCUT2D eigenvalue weighted by atomic mass is 9.65. The molecule has 2 aromatic rings. The Balaban J connectivity index is 1.84. The van der Waals surface area contributed by atoms with E-state index in [1.54, 1.807) is 0 Å². The van der Waals surface area contributed by atoms with Gasteiger partial charge in [-0.3, -0.25) is 4.79 Å². The number of carbonyl (C=O) groups excluding carboxylic acids is 1. The first-order chi connectivity index (χ1) is 10.2. The number of rotatable bonds is 1. The number of fused-ring (bicyclic) bond motifs is 3. The van der Waals surface area contributed by atoms with Gasteiger partial charge in [0.15, 0.2) is 0 Å². The standard InChI is InChI=1S/C19H18O2/c1-19-11-10-16-14(15(19)8-5-9-18(19)20)12-17(21-16)13-6-3-2-4-7-13/h2-4,6-8,12H,5,9-11H2,1H3. The lowest BCUT2D eigenvalue weighted by molar-refractivity contribution is -0.125. The molecule has 106 valence electrons. The van der Waals surface area contributed by atoms with Gasteiger partial charge in [-0.15, -0.1) is 0 Å². The fourth-order valence-corrected chi connectivity index (χ4v) is 3.63. The van der Waals surface area contributed by atoms with Gasteiger partial charge >= 0.3 is 0 Å². The summed E-state index contributed by atoms with van der Waals surface area (Å²) in [5.74, 6) is 2.32. The molecule has 1 aromatic carbocycles. The Morgan fingerprint density at radius 2 is 1.95 bits per heavy atom. The quantitative estimate of drug-likeness (QED) is 0.760. The van der Waals surface area contributed by atoms with Gasteiger partial charge in [-0.05, 0) is 31.4 Å². The van der Waals surface area contributed by atoms with E-state index in [4.69, 9.17) is 4.42 Å². The molecule has 0 amide bonds. The Hall–Kier alpha value is -2.09. The fourth-order valence-electron chi connectivity index (χ4n) is 3.63. The molecular weight excluding hydrogens is 260 g/mol. The monoisotopic (exact) mass is 278 g/mol. The zero-order valence-corrected chi connectivity index (χ0v) is 12.2. The second kappa shape index (κ2) is 4.45. The minimum absolute atomic E-state index is 0.302. The third kappa shape index (κ3) is 1.82. The highest BCUT2D eigenvalue weighted by atomic mass is 16.3. The minimum atomic E-state index is -0.302. The number of benzene rings is 1. The average molecular weight is 278 g/mol. The summed E-state index contributed by atoms with van der Waals surface area (Å²) in [5, 5.41) is 0. The number of Topliss-reactive ketones (excluding diaryl/α,β-unsaturated/α-hetero) is 1. The van der Waals surface area contributed by atoms with Crippen molar-refractivity contribution in [3.63, 3.8) is 0 Å². The molecule has 0 N–H and O–H groups in total. The van der Waals surface area contributed by atoms with E-state index in [1.807, 2.05) is 18.2 Å². The Morgan fingerprint density at radius 3 is 2.76 bits per heavy atom. The van der Waals surface area contributed by atoms with Gasteiger partial charge in [0, 0.05) is 24.0 Å². The molecular formula is C19H18O2. The molecule has 0 aliphatic heterocycles. The van der Waals surface area contributed by atoms with Crippen LogP contribution in [0.2, 0.25) is 0 Å². The van der Waals surface area contributed by atoms with Crippen molar-refractivity contribution in [2.75, 3.05) is 0 Å². The maximum atomic E-state index is 12.4. The normalized spacial score (nSPS) is 24.2. The Labute approximate surface area is 124 Å². The van der Waals surface area contributed by atoms with Gasteiger partial charge < -0.3 is 4.42 Å². The lowest BCUT2D eigenvalue weighted by Crippen LogP contribution is -2.34. The summed E-state index contributed by atoms with van der Waals surface area (Å²) in [7, 11) is 0. The minimum Gasteiger partial charge on any atom is -0.460 e. The first-order valence-electron chi connectivity index (χ1n) is 7.61. The molecule has 0 saturated carbocycles. The Morgan fingerprint density at radius 1 is 1.14 bits per heavy atom. The predicted octanol–water partition coefficient (Wildman–Crippen LogP) is 4.65. The summed E-state index contributed by atoms with van der Waals surface area (Å²) in [6, 6.07) is 12.3. The van der Waals surface area contributed by atoms with E-state index in [0.717, 1.165) is 41.9 Å². The van der Waals surface area contributed by atoms with Crippen LogP contribution in [0.4, 0.5) is 0 Å². The smallest absolute Gasteiger partial charge is 0.143 e. The highest BCUT2D eigenvalue weighted by Gasteiger charge is 2.43. The van der Waals surface area contributed by atoms with Crippen molar-refractivity contribution in [2.45, 2.75) is 32.6 Å². The van der Waals surface area contributed by atoms with Gasteiger partial charge in [0.25, 0.3) is 0 Å². The largest absolute Gasteiger partial charge is 0.460 e. The van der Waals surface area contributed by atoms with Gasteiger partial charge in [-0.2, -0.15) is 0 Å². The van der Waals surface area contributed by atoms with E-state index >= 15 is 0 Å². The van der Waals surface area contributed by atoms with Gasteiger partial charge in [0.1, 0.15) is 17.3 Å². The maximum Gasteiger partial charge on any atom is 0.143 e.